The van der Waals surface area contributed by atoms with Gasteiger partial charge in [-0.05, 0) is 30.9 Å². The van der Waals surface area contributed by atoms with E-state index in [0.717, 1.165) is 28.9 Å². The number of aromatic nitrogens is 3. The highest BCUT2D eigenvalue weighted by atomic mass is 35.5. The summed E-state index contributed by atoms with van der Waals surface area (Å²) in [5.41, 5.74) is 3.90. The van der Waals surface area contributed by atoms with Crippen LogP contribution in [0.4, 0.5) is 0 Å². The van der Waals surface area contributed by atoms with Crippen molar-refractivity contribution in [3.63, 3.8) is 0 Å². The van der Waals surface area contributed by atoms with E-state index < -0.39 is 0 Å². The Morgan fingerprint density at radius 1 is 1.26 bits per heavy atom. The highest BCUT2D eigenvalue weighted by Crippen LogP contribution is 2.28. The minimum Gasteiger partial charge on any atom is -0.253 e. The van der Waals surface area contributed by atoms with E-state index in [4.69, 9.17) is 11.6 Å². The van der Waals surface area contributed by atoms with Crippen LogP contribution in [0.25, 0.3) is 11.5 Å². The average Bonchev–Trinajstić information content (AvgIpc) is 2.37. The Kier molecular flexibility index (Phi) is 4.15. The molecular weight excluding hydrogens is 258 g/mol. The SMILES string of the molecule is CCc1cccnc1-c1nc(C)c(C(C)C)c(Cl)n1. The van der Waals surface area contributed by atoms with Crippen molar-refractivity contribution in [2.24, 2.45) is 0 Å². The second-order valence-corrected chi connectivity index (χ2v) is 5.21. The molecule has 0 unspecified atom stereocenters. The molecule has 2 heterocycles. The first kappa shape index (κ1) is 13.9. The van der Waals surface area contributed by atoms with E-state index in [2.05, 4.69) is 35.7 Å². The summed E-state index contributed by atoms with van der Waals surface area (Å²) in [4.78, 5) is 13.4. The maximum atomic E-state index is 6.30. The third kappa shape index (κ3) is 2.76. The molecule has 0 saturated heterocycles. The van der Waals surface area contributed by atoms with Gasteiger partial charge < -0.3 is 0 Å². The van der Waals surface area contributed by atoms with E-state index in [1.807, 2.05) is 19.1 Å². The molecule has 0 aliphatic rings. The molecule has 0 atom stereocenters. The summed E-state index contributed by atoms with van der Waals surface area (Å²) in [5, 5.41) is 0.533. The van der Waals surface area contributed by atoms with Gasteiger partial charge in [-0.3, -0.25) is 4.98 Å². The van der Waals surface area contributed by atoms with Crippen LogP contribution in [0.15, 0.2) is 18.3 Å². The van der Waals surface area contributed by atoms with E-state index in [0.29, 0.717) is 16.9 Å². The summed E-state index contributed by atoms with van der Waals surface area (Å²) in [5.74, 6) is 0.931. The lowest BCUT2D eigenvalue weighted by Gasteiger charge is -2.13. The second-order valence-electron chi connectivity index (χ2n) is 4.86. The van der Waals surface area contributed by atoms with Crippen molar-refractivity contribution in [2.45, 2.75) is 40.0 Å². The average molecular weight is 276 g/mol. The second kappa shape index (κ2) is 5.66. The van der Waals surface area contributed by atoms with Gasteiger partial charge in [-0.15, -0.1) is 0 Å². The van der Waals surface area contributed by atoms with Crippen LogP contribution in [-0.2, 0) is 6.42 Å². The van der Waals surface area contributed by atoms with Crippen LogP contribution in [0.1, 0.15) is 43.5 Å². The van der Waals surface area contributed by atoms with Crippen LogP contribution in [-0.4, -0.2) is 15.0 Å². The smallest absolute Gasteiger partial charge is 0.180 e. The molecule has 0 saturated carbocycles. The first-order chi connectivity index (χ1) is 9.04. The molecule has 19 heavy (non-hydrogen) atoms. The van der Waals surface area contributed by atoms with Gasteiger partial charge in [0, 0.05) is 17.5 Å². The summed E-state index contributed by atoms with van der Waals surface area (Å²) < 4.78 is 0. The van der Waals surface area contributed by atoms with Gasteiger partial charge in [0.25, 0.3) is 0 Å². The Balaban J connectivity index is 2.59. The van der Waals surface area contributed by atoms with E-state index >= 15 is 0 Å². The van der Waals surface area contributed by atoms with Crippen LogP contribution in [0.2, 0.25) is 5.15 Å². The van der Waals surface area contributed by atoms with Gasteiger partial charge in [-0.1, -0.05) is 38.4 Å². The molecule has 2 aromatic heterocycles. The maximum absolute atomic E-state index is 6.30. The molecule has 0 aliphatic heterocycles. The fourth-order valence-electron chi connectivity index (χ4n) is 2.23. The summed E-state index contributed by atoms with van der Waals surface area (Å²) in [6.45, 7) is 8.25. The van der Waals surface area contributed by atoms with Crippen molar-refractivity contribution in [1.29, 1.82) is 0 Å². The van der Waals surface area contributed by atoms with Gasteiger partial charge in [0.15, 0.2) is 5.82 Å². The molecule has 0 aromatic carbocycles. The topological polar surface area (TPSA) is 38.7 Å². The molecule has 100 valence electrons. The maximum Gasteiger partial charge on any atom is 0.180 e. The van der Waals surface area contributed by atoms with E-state index in [1.54, 1.807) is 6.20 Å². The largest absolute Gasteiger partial charge is 0.253 e. The standard InChI is InChI=1S/C15H18ClN3/c1-5-11-7-6-8-17-13(11)15-18-10(4)12(9(2)3)14(16)19-15/h6-9H,5H2,1-4H3. The number of halogens is 1. The predicted molar refractivity (Wildman–Crippen MR) is 78.5 cm³/mol. The summed E-state index contributed by atoms with van der Waals surface area (Å²) in [7, 11) is 0. The molecule has 0 radical (unpaired) electrons. The van der Waals surface area contributed by atoms with Crippen LogP contribution >= 0.6 is 11.6 Å². The van der Waals surface area contributed by atoms with Crippen LogP contribution in [0, 0.1) is 6.92 Å². The first-order valence-electron chi connectivity index (χ1n) is 6.52. The number of aryl methyl sites for hydroxylation is 2. The minimum atomic E-state index is 0.316. The number of rotatable bonds is 3. The summed E-state index contributed by atoms with van der Waals surface area (Å²) in [6, 6.07) is 3.98. The van der Waals surface area contributed by atoms with Gasteiger partial charge in [0.1, 0.15) is 10.8 Å². The minimum absolute atomic E-state index is 0.316. The molecule has 4 heteroatoms. The molecule has 0 spiro atoms. The zero-order chi connectivity index (χ0) is 14.0. The van der Waals surface area contributed by atoms with E-state index in [1.165, 1.54) is 0 Å². The van der Waals surface area contributed by atoms with Gasteiger partial charge in [-0.25, -0.2) is 9.97 Å². The Morgan fingerprint density at radius 3 is 2.58 bits per heavy atom. The number of hydrogen-bond donors (Lipinski definition) is 0. The predicted octanol–water partition coefficient (Wildman–Crippen LogP) is 4.19. The van der Waals surface area contributed by atoms with E-state index in [-0.39, 0.29) is 0 Å². The van der Waals surface area contributed by atoms with Gasteiger partial charge in [0.05, 0.1) is 0 Å². The molecule has 0 N–H and O–H groups in total. The number of pyridine rings is 1. The summed E-state index contributed by atoms with van der Waals surface area (Å²) >= 11 is 6.30. The van der Waals surface area contributed by atoms with Gasteiger partial charge in [-0.2, -0.15) is 0 Å². The van der Waals surface area contributed by atoms with E-state index in [9.17, 15) is 0 Å². The quantitative estimate of drug-likeness (QED) is 0.789. The molecule has 0 bridgehead atoms. The lowest BCUT2D eigenvalue weighted by Crippen LogP contribution is -2.04. The molecule has 0 amide bonds. The third-order valence-electron chi connectivity index (χ3n) is 3.15. The number of hydrogen-bond acceptors (Lipinski definition) is 3. The van der Waals surface area contributed by atoms with Crippen molar-refractivity contribution >= 4 is 11.6 Å². The van der Waals surface area contributed by atoms with Crippen molar-refractivity contribution in [3.8, 4) is 11.5 Å². The fraction of sp³-hybridized carbons (Fsp3) is 0.400. The van der Waals surface area contributed by atoms with Crippen molar-refractivity contribution < 1.29 is 0 Å². The lowest BCUT2D eigenvalue weighted by molar-refractivity contribution is 0.830. The molecule has 0 aliphatic carbocycles. The molecule has 0 fully saturated rings. The Hall–Kier alpha value is -1.48. The van der Waals surface area contributed by atoms with Crippen LogP contribution < -0.4 is 0 Å². The highest BCUT2D eigenvalue weighted by Gasteiger charge is 2.16. The zero-order valence-corrected chi connectivity index (χ0v) is 12.5. The molecular formula is C15H18ClN3. The van der Waals surface area contributed by atoms with Gasteiger partial charge in [0.2, 0.25) is 0 Å². The van der Waals surface area contributed by atoms with Crippen molar-refractivity contribution in [2.75, 3.05) is 0 Å². The highest BCUT2D eigenvalue weighted by molar-refractivity contribution is 6.30. The van der Waals surface area contributed by atoms with Gasteiger partial charge >= 0.3 is 0 Å². The Morgan fingerprint density at radius 2 is 2.00 bits per heavy atom. The van der Waals surface area contributed by atoms with Crippen LogP contribution in [0.3, 0.4) is 0 Å². The summed E-state index contributed by atoms with van der Waals surface area (Å²) in [6.07, 6.45) is 2.66. The van der Waals surface area contributed by atoms with Crippen LogP contribution in [0.5, 0.6) is 0 Å². The first-order valence-corrected chi connectivity index (χ1v) is 6.90. The molecule has 3 nitrogen and oxygen atoms in total. The Bertz CT molecular complexity index is 571. The number of nitrogens with zero attached hydrogens (tertiary/aromatic N) is 3. The molecule has 2 rings (SSSR count). The normalized spacial score (nSPS) is 11.1. The van der Waals surface area contributed by atoms with Crippen molar-refractivity contribution in [1.82, 2.24) is 15.0 Å². The fourth-order valence-corrected chi connectivity index (χ4v) is 2.67. The molecule has 2 aromatic rings. The third-order valence-corrected chi connectivity index (χ3v) is 3.44. The lowest BCUT2D eigenvalue weighted by atomic mass is 10.0. The monoisotopic (exact) mass is 275 g/mol. The Labute approximate surface area is 119 Å². The van der Waals surface area contributed by atoms with Crippen molar-refractivity contribution in [3.05, 3.63) is 40.3 Å². The zero-order valence-electron chi connectivity index (χ0n) is 11.7.